The van der Waals surface area contributed by atoms with E-state index in [1.807, 2.05) is 18.3 Å². The van der Waals surface area contributed by atoms with Crippen LogP contribution in [-0.2, 0) is 0 Å². The molecule has 4 heteroatoms. The zero-order valence-corrected chi connectivity index (χ0v) is 27.5. The summed E-state index contributed by atoms with van der Waals surface area (Å²) in [5.41, 5.74) is 11.8. The number of allylic oxidation sites excluding steroid dienone is 2. The molecule has 0 N–H and O–H groups in total. The van der Waals surface area contributed by atoms with Crippen molar-refractivity contribution >= 4 is 55.2 Å². The summed E-state index contributed by atoms with van der Waals surface area (Å²) in [6, 6.07) is 54.0. The molecule has 4 heterocycles. The molecule has 0 radical (unpaired) electrons. The maximum atomic E-state index is 6.72. The predicted octanol–water partition coefficient (Wildman–Crippen LogP) is 11.7. The van der Waals surface area contributed by atoms with E-state index in [0.29, 0.717) is 0 Å². The van der Waals surface area contributed by atoms with E-state index in [9.17, 15) is 0 Å². The SMILES string of the molecule is c1ccc2c3ccccc3n(-c3cccc(-c4ccc5oc6cc(-c7ccccc7)cc(N7c8ncccc8C8C=CC=CC87)c6c5c4)c3)c2c#1. The van der Waals surface area contributed by atoms with Crippen molar-refractivity contribution in [2.45, 2.75) is 12.0 Å². The highest BCUT2D eigenvalue weighted by atomic mass is 16.3. The van der Waals surface area contributed by atoms with Crippen LogP contribution >= 0.6 is 0 Å². The lowest BCUT2D eigenvalue weighted by Crippen LogP contribution is -2.29. The normalized spacial score (nSPS) is 16.3. The van der Waals surface area contributed by atoms with Crippen LogP contribution in [0.15, 0.2) is 168 Å². The molecule has 0 saturated heterocycles. The van der Waals surface area contributed by atoms with Crippen LogP contribution in [0.5, 0.6) is 0 Å². The highest BCUT2D eigenvalue weighted by molar-refractivity contribution is 6.15. The number of furan rings is 1. The van der Waals surface area contributed by atoms with Crippen LogP contribution in [0.4, 0.5) is 11.5 Å². The van der Waals surface area contributed by atoms with Crippen molar-refractivity contribution in [1.82, 2.24) is 9.55 Å². The van der Waals surface area contributed by atoms with E-state index in [-0.39, 0.29) is 12.0 Å². The Kier molecular flexibility index (Phi) is 5.96. The number of fused-ring (bicyclic) bond motifs is 9. The third-order valence-corrected chi connectivity index (χ3v) is 10.6. The average Bonchev–Trinajstić information content (AvgIpc) is 3.85. The van der Waals surface area contributed by atoms with Gasteiger partial charge in [0, 0.05) is 39.5 Å². The number of para-hydroxylation sites is 1. The second-order valence-electron chi connectivity index (χ2n) is 13.4. The summed E-state index contributed by atoms with van der Waals surface area (Å²) in [7, 11) is 0. The second-order valence-corrected chi connectivity index (χ2v) is 13.4. The Morgan fingerprint density at radius 3 is 2.45 bits per heavy atom. The van der Waals surface area contributed by atoms with Gasteiger partial charge >= 0.3 is 0 Å². The summed E-state index contributed by atoms with van der Waals surface area (Å²) < 4.78 is 9.01. The third kappa shape index (κ3) is 4.19. The number of aromatic nitrogens is 2. The van der Waals surface area contributed by atoms with Crippen LogP contribution in [0, 0.1) is 12.1 Å². The van der Waals surface area contributed by atoms with E-state index >= 15 is 0 Å². The minimum absolute atomic E-state index is 0.110. The molecule has 0 spiro atoms. The van der Waals surface area contributed by atoms with Gasteiger partial charge in [0.1, 0.15) is 22.5 Å². The van der Waals surface area contributed by atoms with Crippen LogP contribution in [0.1, 0.15) is 11.5 Å². The molecule has 0 saturated carbocycles. The number of nitrogens with zero attached hydrogens (tertiary/aromatic N) is 3. The lowest BCUT2D eigenvalue weighted by molar-refractivity contribution is 0.669. The summed E-state index contributed by atoms with van der Waals surface area (Å²) in [4.78, 5) is 7.40. The molecule has 11 rings (SSSR count). The Bertz CT molecular complexity index is 2840. The quantitative estimate of drug-likeness (QED) is 0.190. The van der Waals surface area contributed by atoms with Crippen molar-refractivity contribution in [3.05, 3.63) is 182 Å². The molecule has 51 heavy (non-hydrogen) atoms. The van der Waals surface area contributed by atoms with Crippen LogP contribution in [-0.4, -0.2) is 15.6 Å². The summed E-state index contributed by atoms with van der Waals surface area (Å²) in [6.45, 7) is 0. The fraction of sp³-hybridized carbons (Fsp3) is 0.0426. The first-order chi connectivity index (χ1) is 25.3. The molecule has 0 fully saturated rings. The van der Waals surface area contributed by atoms with Gasteiger partial charge in [-0.2, -0.15) is 0 Å². The Morgan fingerprint density at radius 1 is 0.627 bits per heavy atom. The lowest BCUT2D eigenvalue weighted by atomic mass is 9.92. The molecule has 2 atom stereocenters. The van der Waals surface area contributed by atoms with Crippen molar-refractivity contribution in [2.75, 3.05) is 4.90 Å². The fourth-order valence-electron chi connectivity index (χ4n) is 8.35. The van der Waals surface area contributed by atoms with E-state index in [0.717, 1.165) is 72.4 Å². The molecule has 1 aliphatic heterocycles. The Morgan fingerprint density at radius 2 is 1.49 bits per heavy atom. The van der Waals surface area contributed by atoms with Gasteiger partial charge < -0.3 is 13.9 Å². The standard InChI is InChI=1S/C47H29N3O/c1-2-12-30(13-3-1)33-28-43(50-42-22-9-6-18-37(42)38-19-11-25-48-47(38)50)46-39-27-32(23-24-44(39)51-45(46)29-33)31-14-10-15-34(26-31)49-40-20-7-4-16-35(40)36-17-5-8-21-41(36)49/h1-7,9-20,22-29,37,42H. The van der Waals surface area contributed by atoms with Crippen molar-refractivity contribution < 1.29 is 4.42 Å². The molecule has 0 bridgehead atoms. The number of rotatable bonds is 4. The number of hydrogen-bond acceptors (Lipinski definition) is 3. The first-order valence-corrected chi connectivity index (χ1v) is 17.4. The number of pyridine rings is 1. The van der Waals surface area contributed by atoms with Crippen LogP contribution < -0.4 is 4.90 Å². The smallest absolute Gasteiger partial charge is 0.138 e. The Balaban J connectivity index is 1.13. The minimum atomic E-state index is 0.110. The van der Waals surface area contributed by atoms with Crippen LogP contribution in [0.25, 0.3) is 71.7 Å². The Hall–Kier alpha value is -6.83. The summed E-state index contributed by atoms with van der Waals surface area (Å²) in [5, 5.41) is 4.56. The largest absolute Gasteiger partial charge is 0.456 e. The van der Waals surface area contributed by atoms with Crippen molar-refractivity contribution in [2.24, 2.45) is 0 Å². The third-order valence-electron chi connectivity index (χ3n) is 10.6. The molecule has 238 valence electrons. The van der Waals surface area contributed by atoms with Crippen molar-refractivity contribution in [3.8, 4) is 27.9 Å². The van der Waals surface area contributed by atoms with Crippen molar-refractivity contribution in [1.29, 1.82) is 0 Å². The van der Waals surface area contributed by atoms with Crippen LogP contribution in [0.3, 0.4) is 0 Å². The summed E-state index contributed by atoms with van der Waals surface area (Å²) in [5.74, 6) is 1.22. The van der Waals surface area contributed by atoms with Gasteiger partial charge in [0.05, 0.1) is 22.6 Å². The van der Waals surface area contributed by atoms with Gasteiger partial charge in [-0.1, -0.05) is 103 Å². The second kappa shape index (κ2) is 10.8. The van der Waals surface area contributed by atoms with Gasteiger partial charge in [0.25, 0.3) is 0 Å². The van der Waals surface area contributed by atoms with Gasteiger partial charge in [-0.3, -0.25) is 0 Å². The molecule has 2 aliphatic rings. The lowest BCUT2D eigenvalue weighted by Gasteiger charge is -2.29. The first-order valence-electron chi connectivity index (χ1n) is 17.4. The number of benzene rings is 5. The van der Waals surface area contributed by atoms with E-state index in [2.05, 4.69) is 167 Å². The average molecular weight is 652 g/mol. The zero-order chi connectivity index (χ0) is 33.5. The monoisotopic (exact) mass is 651 g/mol. The Labute approximate surface area is 294 Å². The predicted molar refractivity (Wildman–Crippen MR) is 208 cm³/mol. The van der Waals surface area contributed by atoms with Crippen molar-refractivity contribution in [3.63, 3.8) is 0 Å². The van der Waals surface area contributed by atoms with Crippen LogP contribution in [0.2, 0.25) is 0 Å². The first kappa shape index (κ1) is 28.1. The molecular weight excluding hydrogens is 623 g/mol. The summed E-state index contributed by atoms with van der Waals surface area (Å²) >= 11 is 0. The van der Waals surface area contributed by atoms with Gasteiger partial charge in [-0.15, -0.1) is 0 Å². The number of anilines is 2. The van der Waals surface area contributed by atoms with E-state index in [4.69, 9.17) is 9.40 Å². The molecule has 2 unspecified atom stereocenters. The van der Waals surface area contributed by atoms with E-state index in [1.54, 1.807) is 0 Å². The molecular formula is C47H29N3O. The molecule has 3 aromatic heterocycles. The van der Waals surface area contributed by atoms with Gasteiger partial charge in [0.15, 0.2) is 0 Å². The topological polar surface area (TPSA) is 34.2 Å². The molecule has 1 aliphatic carbocycles. The highest BCUT2D eigenvalue weighted by Gasteiger charge is 2.39. The molecule has 4 nitrogen and oxygen atoms in total. The molecule has 9 aromatic rings. The molecule has 0 amide bonds. The van der Waals surface area contributed by atoms with Gasteiger partial charge in [0.2, 0.25) is 0 Å². The van der Waals surface area contributed by atoms with Gasteiger partial charge in [-0.05, 0) is 89.0 Å². The van der Waals surface area contributed by atoms with E-state index < -0.39 is 0 Å². The highest BCUT2D eigenvalue weighted by Crippen LogP contribution is 2.51. The summed E-state index contributed by atoms with van der Waals surface area (Å²) in [6.07, 6.45) is 10.8. The minimum Gasteiger partial charge on any atom is -0.456 e. The number of hydrogen-bond donors (Lipinski definition) is 0. The fourth-order valence-corrected chi connectivity index (χ4v) is 8.35. The van der Waals surface area contributed by atoms with Gasteiger partial charge in [-0.25, -0.2) is 4.98 Å². The molecule has 6 aromatic carbocycles. The maximum Gasteiger partial charge on any atom is 0.138 e. The maximum absolute atomic E-state index is 6.72. The zero-order valence-electron chi connectivity index (χ0n) is 27.5. The van der Waals surface area contributed by atoms with E-state index in [1.165, 1.54) is 16.3 Å².